The summed E-state index contributed by atoms with van der Waals surface area (Å²) in [4.78, 5) is 46.8. The number of carboxylic acids is 1. The quantitative estimate of drug-likeness (QED) is 0.0456. The number of carbonyl (C=O) groups is 2. The maximum absolute atomic E-state index is 13.6. The van der Waals surface area contributed by atoms with Crippen LogP contribution in [0.4, 0.5) is 17.1 Å². The van der Waals surface area contributed by atoms with Crippen molar-refractivity contribution in [2.75, 3.05) is 10.0 Å². The first-order valence-electron chi connectivity index (χ1n) is 16.9. The van der Waals surface area contributed by atoms with Gasteiger partial charge in [-0.25, -0.2) is 23.2 Å². The van der Waals surface area contributed by atoms with Crippen molar-refractivity contribution >= 4 is 73.2 Å². The molecule has 2 atom stereocenters. The lowest BCUT2D eigenvalue weighted by Gasteiger charge is -2.31. The largest absolute Gasteiger partial charge is 0.481 e. The van der Waals surface area contributed by atoms with Gasteiger partial charge in [-0.3, -0.25) is 14.3 Å². The number of carbonyl (C=O) groups excluding carboxylic acids is 1. The normalized spacial score (nSPS) is 16.2. The van der Waals surface area contributed by atoms with E-state index in [1.807, 2.05) is 6.07 Å². The molecule has 0 bridgehead atoms. The van der Waals surface area contributed by atoms with Crippen molar-refractivity contribution in [2.45, 2.75) is 49.5 Å². The molecule has 55 heavy (non-hydrogen) atoms. The number of cyclic esters (lactones) is 1. The first-order chi connectivity index (χ1) is 26.2. The number of aliphatic carboxylic acids is 1. The molecule has 0 amide bonds. The zero-order valence-corrected chi connectivity index (χ0v) is 30.7. The average molecular weight is 783 g/mol. The average Bonchev–Trinajstić information content (AvgIpc) is 3.50. The van der Waals surface area contributed by atoms with E-state index in [1.54, 1.807) is 54.0 Å². The highest BCUT2D eigenvalue weighted by Crippen LogP contribution is 2.39. The van der Waals surface area contributed by atoms with Crippen LogP contribution in [0.25, 0.3) is 22.3 Å². The van der Waals surface area contributed by atoms with Crippen molar-refractivity contribution in [3.63, 3.8) is 0 Å². The van der Waals surface area contributed by atoms with Crippen LogP contribution in [0.15, 0.2) is 93.5 Å². The number of ether oxygens (including phenoxy) is 1. The van der Waals surface area contributed by atoms with E-state index in [4.69, 9.17) is 33.4 Å². The van der Waals surface area contributed by atoms with Crippen molar-refractivity contribution in [1.82, 2.24) is 14.9 Å². The highest BCUT2D eigenvalue weighted by Gasteiger charge is 2.45. The molecule has 2 aliphatic heterocycles. The van der Waals surface area contributed by atoms with Crippen molar-refractivity contribution in [3.8, 4) is 11.4 Å². The summed E-state index contributed by atoms with van der Waals surface area (Å²) in [7, 11) is -4.09. The molecule has 4 heterocycles. The molecule has 7 rings (SSSR count). The van der Waals surface area contributed by atoms with Crippen LogP contribution in [0, 0.1) is 0 Å². The lowest BCUT2D eigenvalue weighted by atomic mass is 9.86. The molecule has 0 spiro atoms. The molecule has 5 aromatic rings. The maximum atomic E-state index is 13.6. The predicted octanol–water partition coefficient (Wildman–Crippen LogP) is 3.29. The summed E-state index contributed by atoms with van der Waals surface area (Å²) in [5, 5.41) is 27.9. The minimum absolute atomic E-state index is 0.0258. The summed E-state index contributed by atoms with van der Waals surface area (Å²) in [5.74, 6) is -2.16. The Hall–Kier alpha value is -6.37. The van der Waals surface area contributed by atoms with Crippen molar-refractivity contribution in [3.05, 3.63) is 111 Å². The van der Waals surface area contributed by atoms with Gasteiger partial charge in [0.15, 0.2) is 16.7 Å². The topological polar surface area (TPSA) is 253 Å². The third kappa shape index (κ3) is 7.05. The molecule has 282 valence electrons. The molecule has 9 N–H and O–H groups in total. The van der Waals surface area contributed by atoms with Gasteiger partial charge in [0.2, 0.25) is 0 Å². The number of esters is 1. The molecular formula is C37H34N8O8S2. The molecule has 2 aromatic heterocycles. The number of guanidine groups is 1. The van der Waals surface area contributed by atoms with Gasteiger partial charge in [-0.05, 0) is 78.8 Å². The number of hydrogen-bond acceptors (Lipinski definition) is 10. The van der Waals surface area contributed by atoms with Crippen molar-refractivity contribution in [1.29, 1.82) is 0 Å². The fraction of sp³-hybridized carbons (Fsp3) is 0.189. The molecule has 16 nitrogen and oxygen atoms in total. The number of anilines is 2. The Morgan fingerprint density at radius 3 is 2.60 bits per heavy atom. The molecule has 0 saturated carbocycles. The Bertz CT molecular complexity index is 2640. The molecule has 1 unspecified atom stereocenters. The van der Waals surface area contributed by atoms with Gasteiger partial charge >= 0.3 is 11.9 Å². The summed E-state index contributed by atoms with van der Waals surface area (Å²) in [6.07, 6.45) is -0.373. The third-order valence-corrected chi connectivity index (χ3v) is 11.0. The van der Waals surface area contributed by atoms with Crippen LogP contribution in [0.3, 0.4) is 0 Å². The number of nitrogens with two attached hydrogens (primary N) is 2. The molecule has 0 fully saturated rings. The smallest absolute Gasteiger partial charge is 0.343 e. The number of carboxylic acid groups (broad SMARTS) is 1. The van der Waals surface area contributed by atoms with E-state index in [9.17, 15) is 33.0 Å². The summed E-state index contributed by atoms with van der Waals surface area (Å²) in [6.45, 7) is 1.59. The molecule has 18 heteroatoms. The Balaban J connectivity index is 1.14. The van der Waals surface area contributed by atoms with Gasteiger partial charge in [0.1, 0.15) is 6.61 Å². The zero-order valence-electron chi connectivity index (χ0n) is 29.1. The fourth-order valence-electron chi connectivity index (χ4n) is 6.76. The summed E-state index contributed by atoms with van der Waals surface area (Å²) < 4.78 is 35.7. The van der Waals surface area contributed by atoms with Gasteiger partial charge in [-0.15, -0.1) is 0 Å². The highest BCUT2D eigenvalue weighted by molar-refractivity contribution is 7.92. The van der Waals surface area contributed by atoms with E-state index in [1.165, 1.54) is 30.3 Å². The summed E-state index contributed by atoms with van der Waals surface area (Å²) in [5.41, 5.74) is 12.7. The number of aliphatic imine (C=N–C) groups is 1. The second-order valence-corrected chi connectivity index (χ2v) is 15.1. The summed E-state index contributed by atoms with van der Waals surface area (Å²) in [6, 6.07) is 19.9. The number of benzene rings is 3. The zero-order chi connectivity index (χ0) is 39.2. The summed E-state index contributed by atoms with van der Waals surface area (Å²) >= 11 is 5.65. The Morgan fingerprint density at radius 2 is 1.85 bits per heavy atom. The predicted molar refractivity (Wildman–Crippen MR) is 208 cm³/mol. The number of aliphatic hydroxyl groups is 1. The third-order valence-electron chi connectivity index (χ3n) is 9.41. The number of sulfonamides is 1. The number of aromatic nitrogens is 2. The number of fused-ring (bicyclic) bond motifs is 5. The van der Waals surface area contributed by atoms with E-state index in [0.29, 0.717) is 33.5 Å². The van der Waals surface area contributed by atoms with E-state index in [2.05, 4.69) is 20.3 Å². The number of pyridine rings is 2. The van der Waals surface area contributed by atoms with Gasteiger partial charge in [0.25, 0.3) is 15.6 Å². The SMILES string of the molecule is CC[C@@]1(O)C(=O)OCc2c1cc1n(c2=O)Cc2cc3c(NC(=S)NC(CC(=O)O)c4cccc(NS(=O)(=O)c5cccc(N=C(N)N)c5)c4)cccc3nc2-1. The van der Waals surface area contributed by atoms with Crippen LogP contribution in [0.2, 0.25) is 0 Å². The second kappa shape index (κ2) is 14.1. The van der Waals surface area contributed by atoms with Gasteiger partial charge in [0, 0.05) is 27.9 Å². The molecule has 3 aromatic carbocycles. The van der Waals surface area contributed by atoms with Crippen LogP contribution in [0.1, 0.15) is 48.1 Å². The monoisotopic (exact) mass is 782 g/mol. The van der Waals surface area contributed by atoms with E-state index in [-0.39, 0.29) is 63.6 Å². The first-order valence-corrected chi connectivity index (χ1v) is 18.8. The van der Waals surface area contributed by atoms with Gasteiger partial charge in [-0.2, -0.15) is 0 Å². The Morgan fingerprint density at radius 1 is 1.09 bits per heavy atom. The molecular weight excluding hydrogens is 749 g/mol. The van der Waals surface area contributed by atoms with Crippen LogP contribution < -0.4 is 32.4 Å². The molecule has 0 aliphatic carbocycles. The number of hydrogen-bond donors (Lipinski definition) is 7. The van der Waals surface area contributed by atoms with Gasteiger partial charge in [-0.1, -0.05) is 31.2 Å². The lowest BCUT2D eigenvalue weighted by molar-refractivity contribution is -0.172. The first kappa shape index (κ1) is 37.0. The van der Waals surface area contributed by atoms with E-state index in [0.717, 1.165) is 5.56 Å². The Labute approximate surface area is 318 Å². The van der Waals surface area contributed by atoms with Crippen molar-refractivity contribution < 1.29 is 33.0 Å². The minimum Gasteiger partial charge on any atom is -0.481 e. The van der Waals surface area contributed by atoms with Gasteiger partial charge < -0.3 is 41.6 Å². The van der Waals surface area contributed by atoms with Crippen molar-refractivity contribution in [2.24, 2.45) is 16.5 Å². The molecule has 0 saturated heterocycles. The maximum Gasteiger partial charge on any atom is 0.343 e. The van der Waals surface area contributed by atoms with Crippen LogP contribution in [-0.4, -0.2) is 51.2 Å². The Kier molecular flexibility index (Phi) is 9.49. The standard InChI is InChI=1S/C37H34N8O8S2/c1-2-37(50)26-15-30-32-20(17-45(30)33(48)25(26)18-53-34(37)49)13-24-27(41-32)10-5-11-28(24)42-36(54)43-29(16-31(46)47)19-6-3-8-22(12-19)44-55(51,52)23-9-4-7-21(14-23)40-35(38)39/h3-15,29,44,50H,2,16-18H2,1H3,(H,46,47)(H4,38,39,40)(H2,42,43,54)/t29?,37-/m0/s1. The number of rotatable bonds is 10. The van der Waals surface area contributed by atoms with Gasteiger partial charge in [0.05, 0.1) is 52.1 Å². The minimum atomic E-state index is -4.09. The second-order valence-electron chi connectivity index (χ2n) is 13.0. The lowest BCUT2D eigenvalue weighted by Crippen LogP contribution is -2.44. The fourth-order valence-corrected chi connectivity index (χ4v) is 8.10. The van der Waals surface area contributed by atoms with Crippen LogP contribution in [0.5, 0.6) is 0 Å². The number of nitrogens with zero attached hydrogens (tertiary/aromatic N) is 3. The molecule has 2 aliphatic rings. The van der Waals surface area contributed by atoms with Crippen LogP contribution in [-0.2, 0) is 43.1 Å². The number of thiocarbonyl (C=S) groups is 1. The molecule has 0 radical (unpaired) electrons. The van der Waals surface area contributed by atoms with E-state index >= 15 is 0 Å². The van der Waals surface area contributed by atoms with Crippen LogP contribution >= 0.6 is 12.2 Å². The number of nitrogens with one attached hydrogen (secondary N) is 3. The van der Waals surface area contributed by atoms with E-state index < -0.39 is 40.0 Å². The highest BCUT2D eigenvalue weighted by atomic mass is 32.2.